The van der Waals surface area contributed by atoms with Crippen molar-refractivity contribution in [1.82, 2.24) is 10.2 Å². The summed E-state index contributed by atoms with van der Waals surface area (Å²) in [6.07, 6.45) is 1.39. The predicted molar refractivity (Wildman–Crippen MR) is 42.1 cm³/mol. The molecular weight excluding hydrogens is 140 g/mol. The molecule has 60 valence electrons. The van der Waals surface area contributed by atoms with E-state index < -0.39 is 0 Å². The number of amides is 1. The van der Waals surface area contributed by atoms with Gasteiger partial charge < -0.3 is 10.2 Å². The largest absolute Gasteiger partial charge is 0.338 e. The number of hydrogen-bond acceptors (Lipinski definition) is 2. The van der Waals surface area contributed by atoms with E-state index in [2.05, 4.69) is 11.9 Å². The van der Waals surface area contributed by atoms with Crippen molar-refractivity contribution < 1.29 is 4.79 Å². The summed E-state index contributed by atoms with van der Waals surface area (Å²) in [6.45, 7) is 7.45. The van der Waals surface area contributed by atoms with E-state index in [0.717, 1.165) is 26.2 Å². The van der Waals surface area contributed by atoms with Gasteiger partial charge in [-0.3, -0.25) is 4.79 Å². The van der Waals surface area contributed by atoms with Crippen molar-refractivity contribution in [3.05, 3.63) is 12.7 Å². The summed E-state index contributed by atoms with van der Waals surface area (Å²) in [5.41, 5.74) is 0.443. The van der Waals surface area contributed by atoms with E-state index >= 15 is 0 Å². The van der Waals surface area contributed by atoms with Gasteiger partial charge in [0.15, 0.2) is 0 Å². The monoisotopic (exact) mass is 152 g/mol. The molecule has 0 aliphatic carbocycles. The lowest BCUT2D eigenvalue weighted by molar-refractivity contribution is -0.141. The molecule has 0 radical (unpaired) electrons. The van der Waals surface area contributed by atoms with Crippen LogP contribution in [-0.4, -0.2) is 37.0 Å². The molecule has 0 aromatic heterocycles. The normalized spacial score (nSPS) is 25.6. The third-order valence-corrected chi connectivity index (χ3v) is 2.54. The smallest absolute Gasteiger partial charge is 0.245 e. The van der Waals surface area contributed by atoms with Crippen molar-refractivity contribution in [2.24, 2.45) is 5.41 Å². The first-order chi connectivity index (χ1) is 5.26. The first-order valence-corrected chi connectivity index (χ1v) is 3.88. The lowest BCUT2D eigenvalue weighted by Crippen LogP contribution is -2.71. The van der Waals surface area contributed by atoms with Crippen LogP contribution in [0.4, 0.5) is 0 Å². The van der Waals surface area contributed by atoms with Crippen LogP contribution in [0.15, 0.2) is 12.7 Å². The molecule has 2 fully saturated rings. The molecule has 0 aromatic rings. The summed E-state index contributed by atoms with van der Waals surface area (Å²) in [4.78, 5) is 12.9. The summed E-state index contributed by atoms with van der Waals surface area (Å²) in [6, 6.07) is 0. The molecule has 3 nitrogen and oxygen atoms in total. The molecule has 0 saturated carbocycles. The van der Waals surface area contributed by atoms with Crippen LogP contribution in [-0.2, 0) is 4.79 Å². The highest BCUT2D eigenvalue weighted by Gasteiger charge is 2.48. The number of hydrogen-bond donors (Lipinski definition) is 1. The molecule has 2 heterocycles. The highest BCUT2D eigenvalue weighted by molar-refractivity contribution is 5.87. The van der Waals surface area contributed by atoms with E-state index in [-0.39, 0.29) is 5.91 Å². The molecule has 0 atom stereocenters. The van der Waals surface area contributed by atoms with Crippen LogP contribution in [0.2, 0.25) is 0 Å². The first-order valence-electron chi connectivity index (χ1n) is 3.88. The molecule has 1 spiro atoms. The van der Waals surface area contributed by atoms with Gasteiger partial charge in [-0.25, -0.2) is 0 Å². The number of carbonyl (C=O) groups is 1. The number of nitrogens with zero attached hydrogens (tertiary/aromatic N) is 1. The summed E-state index contributed by atoms with van der Waals surface area (Å²) in [5.74, 6) is 0.0718. The van der Waals surface area contributed by atoms with Crippen LogP contribution in [0.3, 0.4) is 0 Å². The summed E-state index contributed by atoms with van der Waals surface area (Å²) >= 11 is 0. The van der Waals surface area contributed by atoms with Crippen molar-refractivity contribution in [3.8, 4) is 0 Å². The van der Waals surface area contributed by atoms with E-state index in [1.54, 1.807) is 0 Å². The summed E-state index contributed by atoms with van der Waals surface area (Å²) < 4.78 is 0. The molecule has 1 N–H and O–H groups in total. The zero-order chi connectivity index (χ0) is 7.90. The van der Waals surface area contributed by atoms with Crippen LogP contribution >= 0.6 is 0 Å². The average molecular weight is 152 g/mol. The fourth-order valence-electron chi connectivity index (χ4n) is 1.75. The maximum absolute atomic E-state index is 11.0. The van der Waals surface area contributed by atoms with Crippen molar-refractivity contribution in [2.75, 3.05) is 26.2 Å². The zero-order valence-electron chi connectivity index (χ0n) is 6.47. The molecule has 0 bridgehead atoms. The van der Waals surface area contributed by atoms with Crippen molar-refractivity contribution >= 4 is 5.91 Å². The van der Waals surface area contributed by atoms with Gasteiger partial charge in [0, 0.05) is 31.6 Å². The number of rotatable bonds is 1. The second-order valence-electron chi connectivity index (χ2n) is 3.50. The van der Waals surface area contributed by atoms with Crippen molar-refractivity contribution in [3.63, 3.8) is 0 Å². The Morgan fingerprint density at radius 1 is 1.55 bits per heavy atom. The Labute approximate surface area is 66.1 Å². The van der Waals surface area contributed by atoms with E-state index in [0.29, 0.717) is 5.41 Å². The molecular formula is C8H12N2O. The highest BCUT2D eigenvalue weighted by atomic mass is 16.2. The Balaban J connectivity index is 1.87. The van der Waals surface area contributed by atoms with Gasteiger partial charge in [-0.2, -0.15) is 0 Å². The third kappa shape index (κ3) is 0.878. The topological polar surface area (TPSA) is 32.3 Å². The van der Waals surface area contributed by atoms with Gasteiger partial charge >= 0.3 is 0 Å². The van der Waals surface area contributed by atoms with Crippen LogP contribution in [0.25, 0.3) is 0 Å². The van der Waals surface area contributed by atoms with Crippen LogP contribution in [0.1, 0.15) is 0 Å². The zero-order valence-corrected chi connectivity index (χ0v) is 6.47. The maximum atomic E-state index is 11.0. The molecule has 11 heavy (non-hydrogen) atoms. The Kier molecular flexibility index (Phi) is 1.29. The Bertz CT molecular complexity index is 200. The van der Waals surface area contributed by atoms with E-state index in [9.17, 15) is 4.79 Å². The van der Waals surface area contributed by atoms with Gasteiger partial charge in [0.1, 0.15) is 0 Å². The molecule has 2 saturated heterocycles. The van der Waals surface area contributed by atoms with Crippen molar-refractivity contribution in [1.29, 1.82) is 0 Å². The third-order valence-electron chi connectivity index (χ3n) is 2.54. The summed E-state index contributed by atoms with van der Waals surface area (Å²) in [5, 5.41) is 3.22. The van der Waals surface area contributed by atoms with Gasteiger partial charge in [0.2, 0.25) is 5.91 Å². The van der Waals surface area contributed by atoms with Crippen LogP contribution < -0.4 is 5.32 Å². The van der Waals surface area contributed by atoms with Gasteiger partial charge in [-0.1, -0.05) is 6.58 Å². The molecule has 2 aliphatic heterocycles. The molecule has 1 amide bonds. The Morgan fingerprint density at radius 2 is 2.18 bits per heavy atom. The van der Waals surface area contributed by atoms with Crippen LogP contribution in [0.5, 0.6) is 0 Å². The molecule has 3 heteroatoms. The molecule has 2 aliphatic rings. The Hall–Kier alpha value is -0.830. The average Bonchev–Trinajstić information content (AvgIpc) is 1.81. The van der Waals surface area contributed by atoms with E-state index in [4.69, 9.17) is 0 Å². The quantitative estimate of drug-likeness (QED) is 0.519. The summed E-state index contributed by atoms with van der Waals surface area (Å²) in [7, 11) is 0. The molecule has 2 rings (SSSR count). The SMILES string of the molecule is C=CC(=O)N1CC2(CNC2)C1. The minimum atomic E-state index is 0.0718. The maximum Gasteiger partial charge on any atom is 0.245 e. The molecule has 0 aromatic carbocycles. The van der Waals surface area contributed by atoms with Crippen molar-refractivity contribution in [2.45, 2.75) is 0 Å². The van der Waals surface area contributed by atoms with Gasteiger partial charge in [0.05, 0.1) is 0 Å². The second kappa shape index (κ2) is 2.08. The predicted octanol–water partition coefficient (Wildman–Crippen LogP) is -0.396. The lowest BCUT2D eigenvalue weighted by atomic mass is 9.74. The second-order valence-corrected chi connectivity index (χ2v) is 3.50. The van der Waals surface area contributed by atoms with Crippen LogP contribution in [0, 0.1) is 5.41 Å². The minimum Gasteiger partial charge on any atom is -0.338 e. The Morgan fingerprint density at radius 3 is 2.55 bits per heavy atom. The van der Waals surface area contributed by atoms with E-state index in [1.165, 1.54) is 6.08 Å². The number of likely N-dealkylation sites (tertiary alicyclic amines) is 1. The fraction of sp³-hybridized carbons (Fsp3) is 0.625. The lowest BCUT2D eigenvalue weighted by Gasteiger charge is -2.55. The first kappa shape index (κ1) is 6.85. The van der Waals surface area contributed by atoms with E-state index in [1.807, 2.05) is 4.90 Å². The number of nitrogens with one attached hydrogen (secondary N) is 1. The van der Waals surface area contributed by atoms with Gasteiger partial charge in [0.25, 0.3) is 0 Å². The van der Waals surface area contributed by atoms with Gasteiger partial charge in [-0.05, 0) is 6.08 Å². The fourth-order valence-corrected chi connectivity index (χ4v) is 1.75. The standard InChI is InChI=1S/C8H12N2O/c1-2-7(11)10-5-8(6-10)3-9-4-8/h2,9H,1,3-6H2. The highest BCUT2D eigenvalue weighted by Crippen LogP contribution is 2.33. The minimum absolute atomic E-state index is 0.0718. The molecule has 0 unspecified atom stereocenters. The number of carbonyl (C=O) groups excluding carboxylic acids is 1. The van der Waals surface area contributed by atoms with Gasteiger partial charge in [-0.15, -0.1) is 0 Å².